The summed E-state index contributed by atoms with van der Waals surface area (Å²) in [6, 6.07) is 1.15. The van der Waals surface area contributed by atoms with Gasteiger partial charge in [0, 0.05) is 48.3 Å². The van der Waals surface area contributed by atoms with E-state index in [1.807, 2.05) is 181 Å². The van der Waals surface area contributed by atoms with Crippen molar-refractivity contribution in [3.63, 3.8) is 0 Å². The molecule has 0 saturated carbocycles. The molecule has 2 saturated heterocycles. The van der Waals surface area contributed by atoms with Crippen LogP contribution in [0.1, 0.15) is 241 Å². The van der Waals surface area contributed by atoms with Crippen LogP contribution < -0.4 is 0 Å². The highest BCUT2D eigenvalue weighted by atomic mass is 15.4. The van der Waals surface area contributed by atoms with Gasteiger partial charge in [0.15, 0.2) is 0 Å². The molecule has 414 valence electrons. The second-order valence-corrected chi connectivity index (χ2v) is 36.3. The summed E-state index contributed by atoms with van der Waals surface area (Å²) in [5, 5.41) is 50.5. The van der Waals surface area contributed by atoms with E-state index in [4.69, 9.17) is 0 Å². The molecule has 16 aromatic carbocycles. The molecular weight excluding hydrogens is 1060 g/mol. The fourth-order valence-electron chi connectivity index (χ4n) is 34.6. The molecule has 88 heavy (non-hydrogen) atoms. The lowest BCUT2D eigenvalue weighted by molar-refractivity contribution is -0.906. The smallest absolute Gasteiger partial charge is 0.100 e. The van der Waals surface area contributed by atoms with Crippen LogP contribution in [0.15, 0.2) is 0 Å². The number of likely N-dealkylation sites (N-methyl/N-ethyl adjacent to an activating group) is 2. The van der Waals surface area contributed by atoms with Crippen molar-refractivity contribution in [1.82, 2.24) is 0 Å². The van der Waals surface area contributed by atoms with Crippen LogP contribution in [0, 0.1) is 10.8 Å². The Morgan fingerprint density at radius 2 is 0.636 bits per heavy atom. The SMILES string of the molecule is CCCCCCCCCC1C23C4=C5c6c7c8c9c(c%10c%11c%12c%13c%14c%15c%16c%17c%18c%19c%20c%21c%22c%23c%24c(c6c6c8c8c%25c9c%11c%14c%25c9c%15c%18c%11c(c%23%19)c%24c6c8c%119)C5C%22c5c4c4c6c(c5-%21)C(C%20%17)C5(C6=C%12C%10C42)C(CCCCCCCCC)[N+](C)(C)CC%13%165)C73C[N+]1(C)C. The van der Waals surface area contributed by atoms with Gasteiger partial charge in [-0.15, -0.1) is 0 Å². The summed E-state index contributed by atoms with van der Waals surface area (Å²) < 4.78 is 2.36. The molecule has 2 heteroatoms. The maximum atomic E-state index is 2.86. The number of likely N-dealkylation sites (tertiary alicyclic amines) is 2. The fraction of sp³-hybridized carbons (Fsp3) is 0.419. The van der Waals surface area contributed by atoms with Crippen LogP contribution in [0.4, 0.5) is 0 Å². The third-order valence-electron chi connectivity index (χ3n) is 34.4. The molecule has 2 nitrogen and oxygen atoms in total. The molecule has 2 heterocycles. The van der Waals surface area contributed by atoms with Crippen LogP contribution in [-0.2, 0) is 10.8 Å². The summed E-state index contributed by atoms with van der Waals surface area (Å²) in [5.74, 6) is 2.77. The maximum absolute atomic E-state index is 2.86. The monoisotopic (exact) mass is 1120 g/mol. The van der Waals surface area contributed by atoms with Crippen molar-refractivity contribution in [1.29, 1.82) is 0 Å². The average molecular weight is 1120 g/mol. The molecule has 16 aliphatic carbocycles. The van der Waals surface area contributed by atoms with Crippen molar-refractivity contribution >= 4 is 173 Å². The minimum Gasteiger partial charge on any atom is -0.324 e. The van der Waals surface area contributed by atoms with E-state index in [0.29, 0.717) is 47.6 Å². The molecular formula is C86H62N2+2. The molecule has 4 spiro atoms. The molecule has 0 amide bonds. The quantitative estimate of drug-likeness (QED) is 0.0514. The molecule has 12 atom stereocenters. The predicted molar refractivity (Wildman–Crippen MR) is 361 cm³/mol. The van der Waals surface area contributed by atoms with Gasteiger partial charge in [0.1, 0.15) is 12.1 Å². The number of hydrogen-bond acceptors (Lipinski definition) is 0. The fourth-order valence-corrected chi connectivity index (χ4v) is 34.6. The van der Waals surface area contributed by atoms with Crippen LogP contribution in [0.3, 0.4) is 0 Å². The molecule has 34 rings (SSSR count). The van der Waals surface area contributed by atoms with E-state index < -0.39 is 0 Å². The molecule has 0 bridgehead atoms. The molecule has 2 aliphatic heterocycles. The van der Waals surface area contributed by atoms with Crippen LogP contribution in [-0.4, -0.2) is 62.3 Å². The first-order chi connectivity index (χ1) is 43.3. The summed E-state index contributed by atoms with van der Waals surface area (Å²) in [6.07, 6.45) is 22.4. The van der Waals surface area contributed by atoms with Crippen LogP contribution in [0.25, 0.3) is 184 Å². The van der Waals surface area contributed by atoms with Crippen molar-refractivity contribution in [3.8, 4) is 11.1 Å². The summed E-state index contributed by atoms with van der Waals surface area (Å²) in [7, 11) is 11.4. The summed E-state index contributed by atoms with van der Waals surface area (Å²) in [5.41, 5.74) is 43.0. The number of unbranched alkanes of at least 4 members (excludes halogenated alkanes) is 12. The zero-order chi connectivity index (χ0) is 55.2. The summed E-state index contributed by atoms with van der Waals surface area (Å²) in [6.45, 7) is 7.36. The lowest BCUT2D eigenvalue weighted by Crippen LogP contribution is -2.59. The first-order valence-corrected chi connectivity index (χ1v) is 36.7. The summed E-state index contributed by atoms with van der Waals surface area (Å²) >= 11 is 0. The van der Waals surface area contributed by atoms with Gasteiger partial charge >= 0.3 is 0 Å². The highest BCUT2D eigenvalue weighted by molar-refractivity contribution is 6.71. The van der Waals surface area contributed by atoms with E-state index in [2.05, 4.69) is 47.6 Å². The topological polar surface area (TPSA) is 0 Å². The minimum absolute atomic E-state index is 0.00771. The number of quaternary nitrogens is 2. The predicted octanol–water partition coefficient (Wildman–Crippen LogP) is 20.5. The van der Waals surface area contributed by atoms with Crippen molar-refractivity contribution in [2.45, 2.75) is 175 Å². The Morgan fingerprint density at radius 1 is 0.284 bits per heavy atom. The van der Waals surface area contributed by atoms with Gasteiger partial charge in [0.05, 0.1) is 62.9 Å². The minimum atomic E-state index is -0.0619. The van der Waals surface area contributed by atoms with E-state index in [-0.39, 0.29) is 21.7 Å². The van der Waals surface area contributed by atoms with Gasteiger partial charge < -0.3 is 8.97 Å². The molecule has 0 aromatic heterocycles. The zero-order valence-corrected chi connectivity index (χ0v) is 51.2. The highest BCUT2D eigenvalue weighted by Crippen LogP contribution is 2.98. The maximum Gasteiger partial charge on any atom is 0.100 e. The Bertz CT molecular complexity index is 6760. The van der Waals surface area contributed by atoms with Crippen molar-refractivity contribution in [2.24, 2.45) is 10.8 Å². The van der Waals surface area contributed by atoms with Gasteiger partial charge in [0.25, 0.3) is 0 Å². The Labute approximate surface area is 506 Å². The number of hydrogen-bond donors (Lipinski definition) is 0. The summed E-state index contributed by atoms with van der Waals surface area (Å²) in [4.78, 5) is 0. The molecule has 12 unspecified atom stereocenters. The number of allylic oxidation sites excluding steroid dienone is 2. The first kappa shape index (κ1) is 40.9. The first-order valence-electron chi connectivity index (χ1n) is 36.7. The van der Waals surface area contributed by atoms with Gasteiger partial charge in [-0.2, -0.15) is 0 Å². The molecule has 0 N–H and O–H groups in total. The van der Waals surface area contributed by atoms with Crippen LogP contribution in [0.5, 0.6) is 0 Å². The van der Waals surface area contributed by atoms with Crippen molar-refractivity contribution < 1.29 is 8.97 Å². The third-order valence-corrected chi connectivity index (χ3v) is 34.4. The van der Waals surface area contributed by atoms with Crippen molar-refractivity contribution in [2.75, 3.05) is 41.3 Å². The Hall–Kier alpha value is -6.58. The Balaban J connectivity index is 0.885. The molecule has 2 fully saturated rings. The second kappa shape index (κ2) is 10.3. The zero-order valence-electron chi connectivity index (χ0n) is 51.2. The molecule has 18 aliphatic rings. The molecule has 16 aromatic rings. The standard InChI is InChI=1S/C86H62N2/c1-7-9-11-13-15-17-19-21-25-85-79-67-54-43-32-27-28-33-29(32)36-45(54)56-57-46(36)55-44(33)53-42-35(28)31-30-34(27)41-48-37(30)39-40-38(31)49(42)60-62-51(40)47-50(39)61-59(48)75(63(67)52(41)43)83(85,23-87(25,3)4)77(61)65-58(47)66-72-71(65)81(85)73(69(56)79)74-70(57)80-68(55)64(53)76(60)84(78(62)66)24-88(5,6)26(86(80,84)82(72)74)22-20-18-16-14-12-10-8-2/h25-26,45,54,68,71,80-81H,7-24H2,1-6H3/q+2. The van der Waals surface area contributed by atoms with E-state index in [1.54, 1.807) is 86.2 Å². The lowest BCUT2D eigenvalue weighted by Gasteiger charge is -2.60. The third kappa shape index (κ3) is 2.60. The number of rotatable bonds is 16. The average Bonchev–Trinajstić information content (AvgIpc) is 1.37. The van der Waals surface area contributed by atoms with E-state index in [0.717, 1.165) is 0 Å². The van der Waals surface area contributed by atoms with Crippen LogP contribution >= 0.6 is 0 Å². The number of nitrogens with zero attached hydrogens (tertiary/aromatic N) is 2. The van der Waals surface area contributed by atoms with Crippen molar-refractivity contribution in [3.05, 3.63) is 89.0 Å². The highest BCUT2D eigenvalue weighted by Gasteiger charge is 2.91. The lowest BCUT2D eigenvalue weighted by atomic mass is 9.39. The van der Waals surface area contributed by atoms with Gasteiger partial charge in [0.2, 0.25) is 0 Å². The Kier molecular flexibility index (Phi) is 4.81. The van der Waals surface area contributed by atoms with Gasteiger partial charge in [-0.25, -0.2) is 0 Å². The van der Waals surface area contributed by atoms with Crippen LogP contribution in [0.2, 0.25) is 0 Å². The van der Waals surface area contributed by atoms with E-state index in [1.165, 1.54) is 125 Å². The van der Waals surface area contributed by atoms with Gasteiger partial charge in [-0.05, 0) is 286 Å². The number of benzene rings is 12. The second-order valence-electron chi connectivity index (χ2n) is 36.3. The van der Waals surface area contributed by atoms with Gasteiger partial charge in [-0.3, -0.25) is 0 Å². The van der Waals surface area contributed by atoms with E-state index in [9.17, 15) is 0 Å². The molecule has 0 radical (unpaired) electrons. The van der Waals surface area contributed by atoms with E-state index >= 15 is 0 Å². The van der Waals surface area contributed by atoms with Gasteiger partial charge in [-0.1, -0.05) is 90.9 Å². The largest absolute Gasteiger partial charge is 0.324 e. The normalized spacial score (nSPS) is 34.7. The Morgan fingerprint density at radius 3 is 1.17 bits per heavy atom.